The Morgan fingerprint density at radius 1 is 1.16 bits per heavy atom. The third-order valence-electron chi connectivity index (χ3n) is 2.48. The maximum Gasteiger partial charge on any atom is 0.153 e. The Hall–Kier alpha value is -1.62. The normalized spacial score (nSPS) is 10.9. The van der Waals surface area contributed by atoms with Gasteiger partial charge in [0.05, 0.1) is 11.9 Å². The fourth-order valence-corrected chi connectivity index (χ4v) is 1.46. The molecule has 106 valence electrons. The van der Waals surface area contributed by atoms with Gasteiger partial charge in [0.1, 0.15) is 5.82 Å². The molecule has 0 atom stereocenters. The van der Waals surface area contributed by atoms with Crippen LogP contribution in [0.5, 0.6) is 0 Å². The second-order valence-electron chi connectivity index (χ2n) is 5.52. The van der Waals surface area contributed by atoms with E-state index in [1.165, 1.54) is 0 Å². The summed E-state index contributed by atoms with van der Waals surface area (Å²) < 4.78 is 1.73. The number of nitrogens with two attached hydrogens (primary N) is 2. The van der Waals surface area contributed by atoms with Crippen LogP contribution in [0.4, 0.5) is 5.82 Å². The van der Waals surface area contributed by atoms with Crippen molar-refractivity contribution in [2.75, 3.05) is 12.3 Å². The number of hydrogen-bond acceptors (Lipinski definition) is 4. The quantitative estimate of drug-likeness (QED) is 0.888. The van der Waals surface area contributed by atoms with Gasteiger partial charge in [0, 0.05) is 0 Å². The largest absolute Gasteiger partial charge is 0.382 e. The predicted molar refractivity (Wildman–Crippen MR) is 79.8 cm³/mol. The van der Waals surface area contributed by atoms with Crippen molar-refractivity contribution in [2.24, 2.45) is 17.6 Å². The van der Waals surface area contributed by atoms with E-state index in [0.29, 0.717) is 17.7 Å². The Morgan fingerprint density at radius 2 is 1.79 bits per heavy atom. The van der Waals surface area contributed by atoms with Crippen molar-refractivity contribution in [3.05, 3.63) is 24.0 Å². The van der Waals surface area contributed by atoms with Gasteiger partial charge in [-0.2, -0.15) is 0 Å². The summed E-state index contributed by atoms with van der Waals surface area (Å²) in [6.45, 7) is 9.34. The minimum absolute atomic E-state index is 0.519. The first-order valence-corrected chi connectivity index (χ1v) is 6.73. The molecule has 0 unspecified atom stereocenters. The van der Waals surface area contributed by atoms with E-state index in [4.69, 9.17) is 11.5 Å². The van der Waals surface area contributed by atoms with E-state index in [1.807, 2.05) is 12.3 Å². The van der Waals surface area contributed by atoms with Crippen molar-refractivity contribution in [3.8, 4) is 0 Å². The third-order valence-corrected chi connectivity index (χ3v) is 2.48. The molecule has 0 bridgehead atoms. The number of anilines is 1. The number of nitrogen functional groups attached to an aromatic ring is 1. The fraction of sp³-hybridized carbons (Fsp3) is 0.571. The summed E-state index contributed by atoms with van der Waals surface area (Å²) in [7, 11) is 0. The van der Waals surface area contributed by atoms with E-state index in [1.54, 1.807) is 10.6 Å². The van der Waals surface area contributed by atoms with Crippen molar-refractivity contribution in [1.29, 1.82) is 0 Å². The molecule has 0 radical (unpaired) electrons. The highest BCUT2D eigenvalue weighted by molar-refractivity contribution is 5.42. The first kappa shape index (κ1) is 15.4. The van der Waals surface area contributed by atoms with Crippen LogP contribution in [0, 0.1) is 11.8 Å². The lowest BCUT2D eigenvalue weighted by Gasteiger charge is -1.97. The Labute approximate surface area is 115 Å². The molecule has 0 aromatic carbocycles. The molecule has 0 aliphatic heterocycles. The van der Waals surface area contributed by atoms with Crippen molar-refractivity contribution < 1.29 is 0 Å². The van der Waals surface area contributed by atoms with Crippen LogP contribution in [0.15, 0.2) is 18.3 Å². The molecule has 0 aliphatic rings. The lowest BCUT2D eigenvalue weighted by molar-refractivity contribution is 0.637. The molecule has 4 N–H and O–H groups in total. The zero-order chi connectivity index (χ0) is 14.4. The first-order chi connectivity index (χ1) is 8.92. The van der Waals surface area contributed by atoms with Gasteiger partial charge in [-0.25, -0.2) is 9.50 Å². The Balaban J connectivity index is 0.000000312. The van der Waals surface area contributed by atoms with Gasteiger partial charge in [-0.1, -0.05) is 27.7 Å². The number of hydrogen-bond donors (Lipinski definition) is 2. The molecule has 0 aliphatic carbocycles. The summed E-state index contributed by atoms with van der Waals surface area (Å²) in [5, 5.41) is 4.14. The van der Waals surface area contributed by atoms with Crippen LogP contribution in [0.2, 0.25) is 0 Å². The SMILES string of the molecule is CC(C)CN.CC(C)Cc1cn2nc(N)ccc2n1. The van der Waals surface area contributed by atoms with E-state index < -0.39 is 0 Å². The molecule has 0 amide bonds. The number of rotatable bonds is 3. The lowest BCUT2D eigenvalue weighted by atomic mass is 10.1. The van der Waals surface area contributed by atoms with Gasteiger partial charge in [0.2, 0.25) is 0 Å². The van der Waals surface area contributed by atoms with E-state index in [9.17, 15) is 0 Å². The summed E-state index contributed by atoms with van der Waals surface area (Å²) in [6, 6.07) is 3.65. The summed E-state index contributed by atoms with van der Waals surface area (Å²) in [5.74, 6) is 1.79. The molecule has 2 heterocycles. The molecule has 2 rings (SSSR count). The van der Waals surface area contributed by atoms with Crippen molar-refractivity contribution >= 4 is 11.5 Å². The van der Waals surface area contributed by atoms with E-state index in [0.717, 1.165) is 24.3 Å². The number of nitrogens with zero attached hydrogens (tertiary/aromatic N) is 3. The average molecular weight is 263 g/mol. The standard InChI is InChI=1S/C10H14N4.C4H11N/c1-7(2)5-8-6-14-10(12-8)4-3-9(11)13-14;1-4(2)3-5/h3-4,6-7H,5H2,1-2H3,(H2,11,13);4H,3,5H2,1-2H3. The van der Waals surface area contributed by atoms with E-state index >= 15 is 0 Å². The Morgan fingerprint density at radius 3 is 2.32 bits per heavy atom. The third kappa shape index (κ3) is 5.26. The maximum atomic E-state index is 5.57. The molecular weight excluding hydrogens is 238 g/mol. The van der Waals surface area contributed by atoms with Gasteiger partial charge in [0.15, 0.2) is 5.65 Å². The van der Waals surface area contributed by atoms with Gasteiger partial charge in [-0.3, -0.25) is 0 Å². The van der Waals surface area contributed by atoms with Crippen LogP contribution in [0.25, 0.3) is 5.65 Å². The minimum Gasteiger partial charge on any atom is -0.382 e. The smallest absolute Gasteiger partial charge is 0.153 e. The summed E-state index contributed by atoms with van der Waals surface area (Å²) in [4.78, 5) is 4.44. The monoisotopic (exact) mass is 263 g/mol. The Kier molecular flexibility index (Phi) is 5.76. The van der Waals surface area contributed by atoms with Crippen LogP contribution in [-0.2, 0) is 6.42 Å². The second kappa shape index (κ2) is 7.09. The molecule has 0 saturated carbocycles. The van der Waals surface area contributed by atoms with Gasteiger partial charge in [-0.05, 0) is 36.9 Å². The van der Waals surface area contributed by atoms with Crippen LogP contribution in [-0.4, -0.2) is 21.1 Å². The predicted octanol–water partition coefficient (Wildman–Crippen LogP) is 2.11. The topological polar surface area (TPSA) is 82.2 Å². The molecule has 2 aromatic rings. The summed E-state index contributed by atoms with van der Waals surface area (Å²) in [6.07, 6.45) is 2.91. The van der Waals surface area contributed by atoms with Crippen molar-refractivity contribution in [3.63, 3.8) is 0 Å². The maximum absolute atomic E-state index is 5.57. The van der Waals surface area contributed by atoms with Gasteiger partial charge in [0.25, 0.3) is 0 Å². The molecular formula is C14H25N5. The molecule has 0 spiro atoms. The fourth-order valence-electron chi connectivity index (χ4n) is 1.46. The van der Waals surface area contributed by atoms with Crippen LogP contribution in [0.3, 0.4) is 0 Å². The van der Waals surface area contributed by atoms with Gasteiger partial charge < -0.3 is 11.5 Å². The summed E-state index contributed by atoms with van der Waals surface area (Å²) >= 11 is 0. The number of imidazole rings is 1. The van der Waals surface area contributed by atoms with E-state index in [2.05, 4.69) is 37.8 Å². The number of aromatic nitrogens is 3. The van der Waals surface area contributed by atoms with Crippen LogP contribution in [0.1, 0.15) is 33.4 Å². The molecule has 5 nitrogen and oxygen atoms in total. The van der Waals surface area contributed by atoms with Crippen LogP contribution < -0.4 is 11.5 Å². The highest BCUT2D eigenvalue weighted by Gasteiger charge is 2.04. The first-order valence-electron chi connectivity index (χ1n) is 6.73. The lowest BCUT2D eigenvalue weighted by Crippen LogP contribution is -2.05. The molecule has 0 fully saturated rings. The highest BCUT2D eigenvalue weighted by Crippen LogP contribution is 2.09. The average Bonchev–Trinajstić information content (AvgIpc) is 2.70. The van der Waals surface area contributed by atoms with Crippen molar-refractivity contribution in [1.82, 2.24) is 14.6 Å². The molecule has 19 heavy (non-hydrogen) atoms. The minimum atomic E-state index is 0.519. The van der Waals surface area contributed by atoms with E-state index in [-0.39, 0.29) is 0 Å². The zero-order valence-electron chi connectivity index (χ0n) is 12.3. The molecule has 2 aromatic heterocycles. The summed E-state index contributed by atoms with van der Waals surface area (Å²) in [5.41, 5.74) is 12.7. The van der Waals surface area contributed by atoms with Crippen LogP contribution >= 0.6 is 0 Å². The molecule has 5 heteroatoms. The van der Waals surface area contributed by atoms with Crippen molar-refractivity contribution in [2.45, 2.75) is 34.1 Å². The van der Waals surface area contributed by atoms with Gasteiger partial charge >= 0.3 is 0 Å². The molecule has 0 saturated heterocycles. The Bertz CT molecular complexity index is 502. The zero-order valence-corrected chi connectivity index (χ0v) is 12.3. The highest BCUT2D eigenvalue weighted by atomic mass is 15.3. The second-order valence-corrected chi connectivity index (χ2v) is 5.52. The number of fused-ring (bicyclic) bond motifs is 1. The van der Waals surface area contributed by atoms with Gasteiger partial charge in [-0.15, -0.1) is 5.10 Å².